The molecule has 6 nitrogen and oxygen atoms in total. The maximum Gasteiger partial charge on any atom is 0.410 e. The highest BCUT2D eigenvalue weighted by atomic mass is 16.6. The Hall–Kier alpha value is -2.08. The van der Waals surface area contributed by atoms with E-state index >= 15 is 0 Å². The monoisotopic (exact) mass is 391 g/mol. The molecule has 2 rings (SSSR count). The molecule has 1 heterocycles. The number of piperidine rings is 1. The van der Waals surface area contributed by atoms with Crippen molar-refractivity contribution in [3.63, 3.8) is 0 Å². The Kier molecular flexibility index (Phi) is 6.75. The SMILES string of the molecule is CC(C)(C)OC(=O)c1ccc(C2CN(C(=O)OC(C)(C)C)CC[C@H]2CO)cc1. The highest BCUT2D eigenvalue weighted by Crippen LogP contribution is 2.33. The maximum atomic E-state index is 12.4. The van der Waals surface area contributed by atoms with Crippen molar-refractivity contribution in [2.45, 2.75) is 65.1 Å². The molecule has 0 saturated carbocycles. The van der Waals surface area contributed by atoms with Crippen molar-refractivity contribution in [3.8, 4) is 0 Å². The van der Waals surface area contributed by atoms with Crippen molar-refractivity contribution in [1.82, 2.24) is 4.90 Å². The number of likely N-dealkylation sites (tertiary alicyclic amines) is 1. The number of rotatable bonds is 3. The lowest BCUT2D eigenvalue weighted by molar-refractivity contribution is 0.00685. The average Bonchev–Trinajstić information content (AvgIpc) is 2.58. The zero-order chi connectivity index (χ0) is 21.1. The van der Waals surface area contributed by atoms with Gasteiger partial charge in [0.15, 0.2) is 0 Å². The topological polar surface area (TPSA) is 76.1 Å². The van der Waals surface area contributed by atoms with E-state index < -0.39 is 11.2 Å². The smallest absolute Gasteiger partial charge is 0.410 e. The van der Waals surface area contributed by atoms with Gasteiger partial charge in [-0.25, -0.2) is 9.59 Å². The fraction of sp³-hybridized carbons (Fsp3) is 0.636. The zero-order valence-corrected chi connectivity index (χ0v) is 17.8. The summed E-state index contributed by atoms with van der Waals surface area (Å²) in [7, 11) is 0. The van der Waals surface area contributed by atoms with E-state index in [1.54, 1.807) is 17.0 Å². The number of carbonyl (C=O) groups excluding carboxylic acids is 2. The first-order chi connectivity index (χ1) is 12.9. The lowest BCUT2D eigenvalue weighted by Crippen LogP contribution is -2.45. The number of amides is 1. The first kappa shape index (κ1) is 22.2. The molecule has 1 amide bonds. The van der Waals surface area contributed by atoms with Gasteiger partial charge in [0.05, 0.1) is 5.56 Å². The molecule has 1 unspecified atom stereocenters. The zero-order valence-electron chi connectivity index (χ0n) is 17.8. The van der Waals surface area contributed by atoms with Crippen LogP contribution in [0.4, 0.5) is 4.79 Å². The number of esters is 1. The third-order valence-corrected chi connectivity index (χ3v) is 4.62. The van der Waals surface area contributed by atoms with E-state index in [0.29, 0.717) is 25.1 Å². The Bertz CT molecular complexity index is 684. The van der Waals surface area contributed by atoms with Crippen LogP contribution < -0.4 is 0 Å². The fourth-order valence-corrected chi connectivity index (χ4v) is 3.29. The molecule has 156 valence electrons. The number of benzene rings is 1. The summed E-state index contributed by atoms with van der Waals surface area (Å²) in [5, 5.41) is 9.80. The van der Waals surface area contributed by atoms with Gasteiger partial charge in [0, 0.05) is 25.6 Å². The molecule has 0 radical (unpaired) electrons. The molecule has 1 aromatic carbocycles. The normalized spacial score (nSPS) is 20.6. The van der Waals surface area contributed by atoms with Crippen molar-refractivity contribution in [1.29, 1.82) is 0 Å². The number of ether oxygens (including phenoxy) is 2. The van der Waals surface area contributed by atoms with E-state index in [1.807, 2.05) is 53.7 Å². The minimum atomic E-state index is -0.547. The van der Waals surface area contributed by atoms with Gasteiger partial charge in [-0.15, -0.1) is 0 Å². The molecule has 1 aliphatic heterocycles. The van der Waals surface area contributed by atoms with Gasteiger partial charge in [0.25, 0.3) is 0 Å². The first-order valence-electron chi connectivity index (χ1n) is 9.82. The highest BCUT2D eigenvalue weighted by Gasteiger charge is 2.34. The molecular weight excluding hydrogens is 358 g/mol. The van der Waals surface area contributed by atoms with Gasteiger partial charge in [-0.05, 0) is 71.6 Å². The van der Waals surface area contributed by atoms with Crippen LogP contribution in [0.1, 0.15) is 69.8 Å². The Balaban J connectivity index is 2.14. The van der Waals surface area contributed by atoms with Gasteiger partial charge < -0.3 is 19.5 Å². The molecule has 0 bridgehead atoms. The largest absolute Gasteiger partial charge is 0.456 e. The Labute approximate surface area is 167 Å². The van der Waals surface area contributed by atoms with E-state index in [0.717, 1.165) is 5.56 Å². The number of hydrogen-bond acceptors (Lipinski definition) is 5. The second kappa shape index (κ2) is 8.52. The van der Waals surface area contributed by atoms with Crippen molar-refractivity contribution in [2.75, 3.05) is 19.7 Å². The van der Waals surface area contributed by atoms with Crippen LogP contribution in [0.15, 0.2) is 24.3 Å². The van der Waals surface area contributed by atoms with Crippen LogP contribution >= 0.6 is 0 Å². The summed E-state index contributed by atoms with van der Waals surface area (Å²) in [6.45, 7) is 12.1. The van der Waals surface area contributed by atoms with Crippen LogP contribution in [-0.2, 0) is 9.47 Å². The summed E-state index contributed by atoms with van der Waals surface area (Å²) in [6, 6.07) is 7.24. The van der Waals surface area contributed by atoms with Crippen LogP contribution in [0.3, 0.4) is 0 Å². The van der Waals surface area contributed by atoms with E-state index in [4.69, 9.17) is 9.47 Å². The molecule has 0 spiro atoms. The molecule has 1 saturated heterocycles. The molecule has 28 heavy (non-hydrogen) atoms. The maximum absolute atomic E-state index is 12.4. The Morgan fingerprint density at radius 1 is 1.04 bits per heavy atom. The number of aliphatic hydroxyl groups is 1. The summed E-state index contributed by atoms with van der Waals surface area (Å²) in [6.07, 6.45) is 0.369. The molecule has 1 aliphatic rings. The number of aliphatic hydroxyl groups excluding tert-OH is 1. The van der Waals surface area contributed by atoms with Crippen LogP contribution in [0.5, 0.6) is 0 Å². The third kappa shape index (κ3) is 6.23. The van der Waals surface area contributed by atoms with Crippen LogP contribution in [0.2, 0.25) is 0 Å². The second-order valence-corrected chi connectivity index (χ2v) is 9.39. The van der Waals surface area contributed by atoms with Crippen LogP contribution in [0, 0.1) is 5.92 Å². The van der Waals surface area contributed by atoms with E-state index in [9.17, 15) is 14.7 Å². The fourth-order valence-electron chi connectivity index (χ4n) is 3.29. The number of nitrogens with zero attached hydrogens (tertiary/aromatic N) is 1. The molecular formula is C22H33NO5. The molecule has 1 N–H and O–H groups in total. The van der Waals surface area contributed by atoms with E-state index in [2.05, 4.69) is 0 Å². The summed E-state index contributed by atoms with van der Waals surface area (Å²) >= 11 is 0. The molecule has 0 aromatic heterocycles. The average molecular weight is 392 g/mol. The van der Waals surface area contributed by atoms with Gasteiger partial charge >= 0.3 is 12.1 Å². The predicted octanol–water partition coefficient (Wildman–Crippen LogP) is 3.97. The summed E-state index contributed by atoms with van der Waals surface area (Å²) < 4.78 is 10.9. The Morgan fingerprint density at radius 2 is 1.61 bits per heavy atom. The quantitative estimate of drug-likeness (QED) is 0.789. The Morgan fingerprint density at radius 3 is 2.11 bits per heavy atom. The minimum absolute atomic E-state index is 0.0149. The lowest BCUT2D eigenvalue weighted by Gasteiger charge is -2.38. The van der Waals surface area contributed by atoms with Crippen molar-refractivity contribution >= 4 is 12.1 Å². The third-order valence-electron chi connectivity index (χ3n) is 4.62. The second-order valence-electron chi connectivity index (χ2n) is 9.39. The summed E-state index contributed by atoms with van der Waals surface area (Å²) in [4.78, 5) is 26.4. The van der Waals surface area contributed by atoms with Gasteiger partial charge in [-0.1, -0.05) is 12.1 Å². The highest BCUT2D eigenvalue weighted by molar-refractivity contribution is 5.89. The van der Waals surface area contributed by atoms with Crippen molar-refractivity contribution < 1.29 is 24.2 Å². The molecule has 2 atom stereocenters. The molecule has 0 aliphatic carbocycles. The van der Waals surface area contributed by atoms with Gasteiger partial charge in [0.1, 0.15) is 11.2 Å². The first-order valence-corrected chi connectivity index (χ1v) is 9.82. The molecule has 1 fully saturated rings. The van der Waals surface area contributed by atoms with Crippen LogP contribution in [-0.4, -0.2) is 53.0 Å². The van der Waals surface area contributed by atoms with Crippen molar-refractivity contribution in [3.05, 3.63) is 35.4 Å². The number of hydrogen-bond donors (Lipinski definition) is 1. The minimum Gasteiger partial charge on any atom is -0.456 e. The summed E-state index contributed by atoms with van der Waals surface area (Å²) in [5.41, 5.74) is 0.378. The van der Waals surface area contributed by atoms with Gasteiger partial charge in [0.2, 0.25) is 0 Å². The van der Waals surface area contributed by atoms with Gasteiger partial charge in [-0.2, -0.15) is 0 Å². The predicted molar refractivity (Wildman–Crippen MR) is 107 cm³/mol. The van der Waals surface area contributed by atoms with E-state index in [1.165, 1.54) is 0 Å². The number of carbonyl (C=O) groups is 2. The lowest BCUT2D eigenvalue weighted by atomic mass is 9.81. The van der Waals surface area contributed by atoms with Crippen LogP contribution in [0.25, 0.3) is 0 Å². The standard InChI is InChI=1S/C22H33NO5/c1-21(2,3)27-19(25)16-9-7-15(8-10-16)18-13-23(12-11-17(18)14-24)20(26)28-22(4,5)6/h7-10,17-18,24H,11-14H2,1-6H3/t17-,18?/m0/s1. The molecule has 6 heteroatoms. The van der Waals surface area contributed by atoms with Crippen molar-refractivity contribution in [2.24, 2.45) is 5.92 Å². The molecule has 1 aromatic rings. The van der Waals surface area contributed by atoms with Gasteiger partial charge in [-0.3, -0.25) is 0 Å². The van der Waals surface area contributed by atoms with E-state index in [-0.39, 0.29) is 30.5 Å². The summed E-state index contributed by atoms with van der Waals surface area (Å²) in [5.74, 6) is -0.318.